The standard InChI is InChI=1S/C24H29N3O4S.2ClH/c1-28-19-7-8-20(29-2)23-22(19)30-15-17(31-23)14-25-13-16-9-11-27(12-10-16)24-26-18-5-3-4-6-21(18)32-24;;/h3-8,16-17,25H,9-15H2,1-2H3;2*1H. The number of thiazole rings is 1. The maximum absolute atomic E-state index is 6.18. The fourth-order valence-corrected chi connectivity index (χ4v) is 5.36. The van der Waals surface area contributed by atoms with Gasteiger partial charge in [0.1, 0.15) is 12.7 Å². The number of aromatic nitrogens is 1. The number of fused-ring (bicyclic) bond motifs is 2. The van der Waals surface area contributed by atoms with E-state index in [9.17, 15) is 0 Å². The number of piperidine rings is 1. The molecule has 0 spiro atoms. The molecule has 1 aromatic heterocycles. The number of methoxy groups -OCH3 is 2. The highest BCUT2D eigenvalue weighted by Crippen LogP contribution is 2.46. The monoisotopic (exact) mass is 527 g/mol. The third kappa shape index (κ3) is 5.57. The first-order valence-electron chi connectivity index (χ1n) is 11.1. The summed E-state index contributed by atoms with van der Waals surface area (Å²) in [5.74, 6) is 3.21. The van der Waals surface area contributed by atoms with Crippen LogP contribution in [0.25, 0.3) is 10.2 Å². The summed E-state index contributed by atoms with van der Waals surface area (Å²) < 4.78 is 24.2. The smallest absolute Gasteiger partial charge is 0.207 e. The second-order valence-corrected chi connectivity index (χ2v) is 9.24. The van der Waals surface area contributed by atoms with Crippen molar-refractivity contribution in [3.8, 4) is 23.0 Å². The van der Waals surface area contributed by atoms with E-state index in [1.807, 2.05) is 12.1 Å². The van der Waals surface area contributed by atoms with Gasteiger partial charge in [-0.1, -0.05) is 23.5 Å². The summed E-state index contributed by atoms with van der Waals surface area (Å²) in [5.41, 5.74) is 1.10. The third-order valence-corrected chi connectivity index (χ3v) is 7.25. The molecule has 5 rings (SSSR count). The molecule has 0 saturated carbocycles. The van der Waals surface area contributed by atoms with E-state index in [1.165, 1.54) is 17.5 Å². The first kappa shape index (κ1) is 26.5. The molecule has 0 aliphatic carbocycles. The Bertz CT molecular complexity index is 1040. The zero-order valence-electron chi connectivity index (χ0n) is 19.3. The lowest BCUT2D eigenvalue weighted by molar-refractivity contribution is 0.0824. The number of hydrogen-bond donors (Lipinski definition) is 1. The molecule has 0 bridgehead atoms. The Morgan fingerprint density at radius 3 is 2.41 bits per heavy atom. The van der Waals surface area contributed by atoms with E-state index in [2.05, 4.69) is 34.5 Å². The molecule has 0 radical (unpaired) electrons. The second-order valence-electron chi connectivity index (χ2n) is 8.23. The van der Waals surface area contributed by atoms with Crippen molar-refractivity contribution < 1.29 is 18.9 Å². The van der Waals surface area contributed by atoms with Gasteiger partial charge < -0.3 is 29.2 Å². The van der Waals surface area contributed by atoms with Gasteiger partial charge >= 0.3 is 0 Å². The van der Waals surface area contributed by atoms with Crippen molar-refractivity contribution in [3.63, 3.8) is 0 Å². The maximum Gasteiger partial charge on any atom is 0.207 e. The Kier molecular flexibility index (Phi) is 9.36. The Hall–Kier alpha value is -2.13. The minimum absolute atomic E-state index is 0. The Labute approximate surface area is 216 Å². The van der Waals surface area contributed by atoms with Crippen LogP contribution in [-0.2, 0) is 0 Å². The molecule has 10 heteroatoms. The largest absolute Gasteiger partial charge is 0.493 e. The van der Waals surface area contributed by atoms with Crippen LogP contribution in [0.2, 0.25) is 0 Å². The summed E-state index contributed by atoms with van der Waals surface area (Å²) in [5, 5.41) is 4.74. The van der Waals surface area contributed by atoms with Gasteiger partial charge in [-0.3, -0.25) is 0 Å². The second kappa shape index (κ2) is 12.0. The molecule has 2 aromatic carbocycles. The zero-order valence-corrected chi connectivity index (χ0v) is 21.8. The first-order valence-corrected chi connectivity index (χ1v) is 11.9. The number of hydrogen-bond acceptors (Lipinski definition) is 8. The number of nitrogens with one attached hydrogen (secondary N) is 1. The molecule has 3 heterocycles. The van der Waals surface area contributed by atoms with E-state index in [4.69, 9.17) is 23.9 Å². The number of halogens is 2. The Balaban J connectivity index is 0.00000162. The van der Waals surface area contributed by atoms with Crippen LogP contribution < -0.4 is 29.2 Å². The van der Waals surface area contributed by atoms with E-state index >= 15 is 0 Å². The van der Waals surface area contributed by atoms with Gasteiger partial charge in [0.25, 0.3) is 0 Å². The van der Waals surface area contributed by atoms with Crippen molar-refractivity contribution in [2.75, 3.05) is 51.9 Å². The van der Waals surface area contributed by atoms with E-state index in [0.717, 1.165) is 36.8 Å². The quantitative estimate of drug-likeness (QED) is 0.473. The highest BCUT2D eigenvalue weighted by Gasteiger charge is 2.28. The van der Waals surface area contributed by atoms with Crippen molar-refractivity contribution in [2.24, 2.45) is 5.92 Å². The fourth-order valence-electron chi connectivity index (χ4n) is 4.35. The number of nitrogens with zero attached hydrogens (tertiary/aromatic N) is 2. The highest BCUT2D eigenvalue weighted by atomic mass is 35.5. The molecule has 1 unspecified atom stereocenters. The van der Waals surface area contributed by atoms with Gasteiger partial charge in [0.15, 0.2) is 16.6 Å². The average Bonchev–Trinajstić information content (AvgIpc) is 3.28. The van der Waals surface area contributed by atoms with Crippen LogP contribution in [0, 0.1) is 5.92 Å². The Morgan fingerprint density at radius 2 is 1.71 bits per heavy atom. The van der Waals surface area contributed by atoms with Crippen molar-refractivity contribution in [1.29, 1.82) is 0 Å². The minimum Gasteiger partial charge on any atom is -0.493 e. The van der Waals surface area contributed by atoms with E-state index in [0.29, 0.717) is 35.5 Å². The topological polar surface area (TPSA) is 65.1 Å². The van der Waals surface area contributed by atoms with Crippen LogP contribution in [0.1, 0.15) is 12.8 Å². The van der Waals surface area contributed by atoms with E-state index in [-0.39, 0.29) is 30.9 Å². The SMILES string of the molecule is COc1ccc(OC)c2c1OCC(CNCC1CCN(c3nc4ccccc4s3)CC1)O2.Cl.Cl. The molecule has 0 amide bonds. The van der Waals surface area contributed by atoms with Gasteiger partial charge in [0, 0.05) is 19.6 Å². The molecule has 1 atom stereocenters. The third-order valence-electron chi connectivity index (χ3n) is 6.15. The molecular weight excluding hydrogens is 497 g/mol. The van der Waals surface area contributed by atoms with Gasteiger partial charge in [-0.2, -0.15) is 0 Å². The molecule has 2 aliphatic rings. The molecule has 3 aromatic rings. The summed E-state index contributed by atoms with van der Waals surface area (Å²) in [6.07, 6.45) is 2.27. The van der Waals surface area contributed by atoms with E-state index in [1.54, 1.807) is 25.6 Å². The van der Waals surface area contributed by atoms with Gasteiger partial charge in [-0.15, -0.1) is 24.8 Å². The summed E-state index contributed by atoms with van der Waals surface area (Å²) >= 11 is 1.79. The van der Waals surface area contributed by atoms with Crippen LogP contribution in [-0.4, -0.2) is 58.1 Å². The zero-order chi connectivity index (χ0) is 21.9. The Morgan fingerprint density at radius 1 is 1.00 bits per heavy atom. The molecule has 1 fully saturated rings. The average molecular weight is 529 g/mol. The molecule has 186 valence electrons. The fraction of sp³-hybridized carbons (Fsp3) is 0.458. The maximum atomic E-state index is 6.18. The molecule has 2 aliphatic heterocycles. The lowest BCUT2D eigenvalue weighted by Crippen LogP contribution is -2.42. The number of benzene rings is 2. The van der Waals surface area contributed by atoms with Crippen molar-refractivity contribution in [2.45, 2.75) is 18.9 Å². The van der Waals surface area contributed by atoms with E-state index < -0.39 is 0 Å². The number of anilines is 1. The number of para-hydroxylation sites is 1. The summed E-state index contributed by atoms with van der Waals surface area (Å²) in [6.45, 7) is 4.31. The van der Waals surface area contributed by atoms with Gasteiger partial charge in [0.2, 0.25) is 11.5 Å². The lowest BCUT2D eigenvalue weighted by Gasteiger charge is -2.32. The van der Waals surface area contributed by atoms with Crippen LogP contribution in [0.15, 0.2) is 36.4 Å². The van der Waals surface area contributed by atoms with Crippen molar-refractivity contribution >= 4 is 51.5 Å². The van der Waals surface area contributed by atoms with Crippen LogP contribution in [0.3, 0.4) is 0 Å². The summed E-state index contributed by atoms with van der Waals surface area (Å²) in [4.78, 5) is 7.24. The minimum atomic E-state index is -0.0636. The van der Waals surface area contributed by atoms with Crippen LogP contribution in [0.4, 0.5) is 5.13 Å². The molecule has 1 N–H and O–H groups in total. The predicted molar refractivity (Wildman–Crippen MR) is 141 cm³/mol. The molecule has 1 saturated heterocycles. The predicted octanol–water partition coefficient (Wildman–Crippen LogP) is 4.80. The first-order chi connectivity index (χ1) is 15.7. The molecule has 34 heavy (non-hydrogen) atoms. The lowest BCUT2D eigenvalue weighted by atomic mass is 9.97. The summed E-state index contributed by atoms with van der Waals surface area (Å²) in [7, 11) is 3.26. The van der Waals surface area contributed by atoms with Gasteiger partial charge in [-0.25, -0.2) is 4.98 Å². The molecular formula is C24H31Cl2N3O4S. The number of ether oxygens (including phenoxy) is 4. The van der Waals surface area contributed by atoms with Crippen LogP contribution in [0.5, 0.6) is 23.0 Å². The summed E-state index contributed by atoms with van der Waals surface area (Å²) in [6, 6.07) is 12.0. The van der Waals surface area contributed by atoms with Crippen LogP contribution >= 0.6 is 36.2 Å². The van der Waals surface area contributed by atoms with Gasteiger partial charge in [0.05, 0.1) is 24.4 Å². The highest BCUT2D eigenvalue weighted by molar-refractivity contribution is 7.22. The number of rotatable bonds is 7. The normalized spacial score (nSPS) is 17.6. The molecule has 7 nitrogen and oxygen atoms in total. The van der Waals surface area contributed by atoms with Gasteiger partial charge in [-0.05, 0) is 49.6 Å². The van der Waals surface area contributed by atoms with Crippen molar-refractivity contribution in [3.05, 3.63) is 36.4 Å². The van der Waals surface area contributed by atoms with Crippen molar-refractivity contribution in [1.82, 2.24) is 10.3 Å².